The Morgan fingerprint density at radius 3 is 0.750 bits per heavy atom. The lowest BCUT2D eigenvalue weighted by molar-refractivity contribution is -0.118. The van der Waals surface area contributed by atoms with Crippen molar-refractivity contribution in [3.63, 3.8) is 0 Å². The number of carbonyl (C=O) groups excluding carboxylic acids is 2. The fourth-order valence-corrected chi connectivity index (χ4v) is 24.8. The highest BCUT2D eigenvalue weighted by atomic mass is 32.2. The van der Waals surface area contributed by atoms with Gasteiger partial charge in [-0.1, -0.05) is 305 Å². The second-order valence-electron chi connectivity index (χ2n) is 44.2. The number of Topliss-reactive ketones (excluding diaryl/α,β-unsaturated/α-hetero) is 2. The number of ketones is 2. The van der Waals surface area contributed by atoms with Crippen molar-refractivity contribution < 1.29 is 26.4 Å². The van der Waals surface area contributed by atoms with Crippen LogP contribution in [0.4, 0.5) is 0 Å². The molecule has 8 heteroatoms. The van der Waals surface area contributed by atoms with Crippen LogP contribution in [0.25, 0.3) is 0 Å². The molecule has 0 radical (unpaired) electrons. The van der Waals surface area contributed by atoms with Crippen LogP contribution in [-0.4, -0.2) is 45.7 Å². The third-order valence-corrected chi connectivity index (χ3v) is 29.9. The van der Waals surface area contributed by atoms with Crippen LogP contribution in [0.3, 0.4) is 0 Å². The molecule has 8 aliphatic rings. The third kappa shape index (κ3) is 33.8. The zero-order valence-electron chi connectivity index (χ0n) is 90.2. The van der Waals surface area contributed by atoms with Crippen molar-refractivity contribution in [3.8, 4) is 0 Å². The van der Waals surface area contributed by atoms with E-state index in [-0.39, 0.29) is 23.2 Å². The number of rotatable bonds is 16. The molecule has 0 aromatic rings. The monoisotopic (exact) mass is 1750 g/mol. The van der Waals surface area contributed by atoms with Gasteiger partial charge in [0, 0.05) is 24.8 Å². The van der Waals surface area contributed by atoms with Crippen LogP contribution < -0.4 is 0 Å². The minimum atomic E-state index is -3.06. The zero-order valence-corrected chi connectivity index (χ0v) is 91.9. The van der Waals surface area contributed by atoms with Gasteiger partial charge in [-0.2, -0.15) is 0 Å². The maximum atomic E-state index is 12.2. The summed E-state index contributed by atoms with van der Waals surface area (Å²) in [7, 11) is -6.01. The lowest BCUT2D eigenvalue weighted by atomic mass is 9.76. The standard InChI is InChI=1S/2C15H24O.2C15H26.2C14H24O2S.2C14H24/c1-9(2)13-7-12(16)8-14(10(3)4)15(13)11(5)6;1-9(2)12-7-8-13(16)15(11(5)6)14(12)10(3)4;2*1-10(2)13-8-7-9-14(11(3)4)15(13)12(5)6;1-9(2)12-7-17(15,16)8-13(10(3)4)14(12)11(5)6;1-9(2)12-7-8-17(15,16)14(11(5)6)13(12)10(3)4;2*1-9(2)12-7-8-13(10(3)4)14(12)11(5)6/h9,11H,7-8H2,1-6H3;9-10H,7-8H2,1-6H3;2*10,12H,7-9H2,1-6H3;9,11H,7-8H2,1-6H3;9-10H,7-8H2,1-6H3;2*9,11H,7-8H2,1-6H3. The Kier molecular flexibility index (Phi) is 49.9. The molecule has 6 aliphatic carbocycles. The SMILES string of the molecule is CC(C)=C1C(=O)CCC(C(C)C)=C1C(C)C.CC(C)=C1C(C(C)C)=C(C(C)C)CCS1(=O)=O.CC(C)=C1CC(=O)CC(C(C)C)=C1C(C)C.CC(C)=C1CCC(C(C)C)=C1C(C)C.CC(C)=C1CCC(C(C)C)=C1C(C)C.CC(C)=C1CCCC(C(C)C)=C1C(C)C.CC(C)=C1CCCC(C(C)C)=C1C(C)C.CC(C)=C1CS(=O)(=O)CC(C(C)C)=C1C(C)C. The fourth-order valence-electron chi connectivity index (χ4n) is 20.9. The molecular formula is C116H196O6S2. The van der Waals surface area contributed by atoms with Gasteiger partial charge in [0.05, 0.1) is 22.2 Å². The van der Waals surface area contributed by atoms with Crippen molar-refractivity contribution in [2.24, 2.45) is 94.7 Å². The lowest BCUT2D eigenvalue weighted by Crippen LogP contribution is -2.27. The number of sulfone groups is 2. The van der Waals surface area contributed by atoms with E-state index >= 15 is 0 Å². The van der Waals surface area contributed by atoms with E-state index in [1.165, 1.54) is 137 Å². The maximum absolute atomic E-state index is 12.2. The highest BCUT2D eigenvalue weighted by Gasteiger charge is 2.36. The first kappa shape index (κ1) is 117. The van der Waals surface area contributed by atoms with E-state index in [1.807, 2.05) is 27.7 Å². The summed E-state index contributed by atoms with van der Waals surface area (Å²) in [6.07, 6.45) is 16.8. The molecule has 0 spiro atoms. The average Bonchev–Trinajstić information content (AvgIpc) is 1.10. The molecule has 0 atom stereocenters. The van der Waals surface area contributed by atoms with Gasteiger partial charge >= 0.3 is 0 Å². The molecule has 0 amide bonds. The van der Waals surface area contributed by atoms with Crippen molar-refractivity contribution in [2.75, 3.05) is 17.3 Å². The van der Waals surface area contributed by atoms with E-state index in [9.17, 15) is 26.4 Å². The number of hydrogen-bond acceptors (Lipinski definition) is 6. The van der Waals surface area contributed by atoms with Crippen molar-refractivity contribution in [3.05, 3.63) is 178 Å². The van der Waals surface area contributed by atoms with Gasteiger partial charge in [0.25, 0.3) is 0 Å². The zero-order chi connectivity index (χ0) is 96.6. The van der Waals surface area contributed by atoms with E-state index in [4.69, 9.17) is 0 Å². The largest absolute Gasteiger partial charge is 0.299 e. The quantitative estimate of drug-likeness (QED) is 0.143. The van der Waals surface area contributed by atoms with Gasteiger partial charge in [0.15, 0.2) is 25.5 Å². The summed E-state index contributed by atoms with van der Waals surface area (Å²) in [6, 6.07) is 0. The lowest BCUT2D eigenvalue weighted by Gasteiger charge is -2.29. The van der Waals surface area contributed by atoms with Crippen molar-refractivity contribution in [1.29, 1.82) is 0 Å². The molecule has 0 unspecified atom stereocenters. The van der Waals surface area contributed by atoms with Gasteiger partial charge in [-0.3, -0.25) is 9.59 Å². The van der Waals surface area contributed by atoms with Gasteiger partial charge in [-0.05, 0) is 366 Å². The molecule has 0 bridgehead atoms. The van der Waals surface area contributed by atoms with Crippen LogP contribution in [0.1, 0.15) is 429 Å². The Morgan fingerprint density at radius 2 is 0.476 bits per heavy atom. The van der Waals surface area contributed by atoms with Crippen LogP contribution in [0.15, 0.2) is 178 Å². The van der Waals surface area contributed by atoms with Crippen LogP contribution in [0, 0.1) is 94.7 Å². The molecule has 708 valence electrons. The Bertz CT molecular complexity index is 4300. The Labute approximate surface area is 770 Å². The Hall–Kier alpha value is -4.92. The van der Waals surface area contributed by atoms with E-state index in [2.05, 4.69) is 305 Å². The molecule has 0 aromatic heterocycles. The molecule has 0 fully saturated rings. The highest BCUT2D eigenvalue weighted by molar-refractivity contribution is 7.95. The molecule has 0 saturated carbocycles. The summed E-state index contributed by atoms with van der Waals surface area (Å²) in [4.78, 5) is 24.4. The maximum Gasteiger partial charge on any atom is 0.178 e. The smallest absolute Gasteiger partial charge is 0.178 e. The normalized spacial score (nSPS) is 18.5. The predicted octanol–water partition coefficient (Wildman–Crippen LogP) is 35.3. The molecule has 0 N–H and O–H groups in total. The molecule has 8 rings (SSSR count). The Morgan fingerprint density at radius 1 is 0.218 bits per heavy atom. The van der Waals surface area contributed by atoms with Gasteiger partial charge < -0.3 is 0 Å². The van der Waals surface area contributed by atoms with Crippen LogP contribution in [-0.2, 0) is 29.3 Å². The van der Waals surface area contributed by atoms with Crippen LogP contribution >= 0.6 is 0 Å². The average molecular weight is 1750 g/mol. The second-order valence-corrected chi connectivity index (χ2v) is 48.3. The van der Waals surface area contributed by atoms with E-state index in [0.717, 1.165) is 63.5 Å². The first-order chi connectivity index (χ1) is 56.8. The third-order valence-electron chi connectivity index (χ3n) is 26.4. The number of carbonyl (C=O) groups is 2. The van der Waals surface area contributed by atoms with E-state index in [1.54, 1.807) is 66.9 Å². The van der Waals surface area contributed by atoms with E-state index in [0.29, 0.717) is 107 Å². The molecule has 2 aliphatic heterocycles. The summed E-state index contributed by atoms with van der Waals surface area (Å²) in [5.41, 5.74) is 44.5. The predicted molar refractivity (Wildman–Crippen MR) is 552 cm³/mol. The summed E-state index contributed by atoms with van der Waals surface area (Å²) >= 11 is 0. The van der Waals surface area contributed by atoms with Crippen LogP contribution in [0.2, 0.25) is 0 Å². The summed E-state index contributed by atoms with van der Waals surface area (Å²) in [5.74, 6) is 10.5. The molecular weight excluding hydrogens is 1550 g/mol. The van der Waals surface area contributed by atoms with Gasteiger partial charge in [0.1, 0.15) is 5.78 Å². The highest BCUT2D eigenvalue weighted by Crippen LogP contribution is 2.47. The fraction of sp³-hybridized carbons (Fsp3) is 0.707. The van der Waals surface area contributed by atoms with Crippen molar-refractivity contribution in [1.82, 2.24) is 0 Å². The van der Waals surface area contributed by atoms with Crippen LogP contribution in [0.5, 0.6) is 0 Å². The second kappa shape index (κ2) is 52.8. The summed E-state index contributed by atoms with van der Waals surface area (Å²) < 4.78 is 48.4. The van der Waals surface area contributed by atoms with Gasteiger partial charge in [-0.15, -0.1) is 0 Å². The molecule has 0 aromatic carbocycles. The number of hydrogen-bond donors (Lipinski definition) is 0. The first-order valence-corrected chi connectivity index (χ1v) is 53.0. The summed E-state index contributed by atoms with van der Waals surface area (Å²) in [5, 5.41) is 0. The molecule has 2 heterocycles. The van der Waals surface area contributed by atoms with Crippen molar-refractivity contribution >= 4 is 31.2 Å². The minimum absolute atomic E-state index is 0.221. The Balaban J connectivity index is 0.000000709. The molecule has 124 heavy (non-hydrogen) atoms. The van der Waals surface area contributed by atoms with Crippen molar-refractivity contribution in [2.45, 2.75) is 429 Å². The minimum Gasteiger partial charge on any atom is -0.299 e. The molecule has 0 saturated heterocycles. The first-order valence-electron chi connectivity index (χ1n) is 49.5. The topological polar surface area (TPSA) is 102 Å². The van der Waals surface area contributed by atoms with Gasteiger partial charge in [0.2, 0.25) is 0 Å². The van der Waals surface area contributed by atoms with Gasteiger partial charge in [-0.25, -0.2) is 16.8 Å². The van der Waals surface area contributed by atoms with E-state index < -0.39 is 19.7 Å². The summed E-state index contributed by atoms with van der Waals surface area (Å²) in [6.45, 7) is 106. The molecule has 6 nitrogen and oxygen atoms in total. The number of allylic oxidation sites excluding steroid dienone is 29.